The molecule has 4 heteroatoms. The van der Waals surface area contributed by atoms with E-state index >= 15 is 0 Å². The second-order valence-corrected chi connectivity index (χ2v) is 20.9. The summed E-state index contributed by atoms with van der Waals surface area (Å²) in [4.78, 5) is 17.9. The highest BCUT2D eigenvalue weighted by Crippen LogP contribution is 2.69. The van der Waals surface area contributed by atoms with Crippen molar-refractivity contribution in [3.8, 4) is 67.5 Å². The molecule has 328 valence electrons. The molecule has 15 rings (SSSR count). The van der Waals surface area contributed by atoms with Crippen LogP contribution in [-0.2, 0) is 10.8 Å². The first-order valence-corrected chi connectivity index (χ1v) is 24.8. The molecule has 9 aromatic rings. The van der Waals surface area contributed by atoms with Gasteiger partial charge in [-0.15, -0.1) is 0 Å². The Hall–Kier alpha value is -7.43. The minimum atomic E-state index is -0.119. The smallest absolute Gasteiger partial charge is 0.164 e. The summed E-state index contributed by atoms with van der Waals surface area (Å²) >= 11 is 0. The van der Waals surface area contributed by atoms with Crippen LogP contribution in [0.3, 0.4) is 0 Å². The first-order chi connectivity index (χ1) is 33.4. The summed E-state index contributed by atoms with van der Waals surface area (Å²) in [7, 11) is 0. The van der Waals surface area contributed by atoms with Gasteiger partial charge in [0.05, 0.1) is 11.4 Å². The lowest BCUT2D eigenvalue weighted by molar-refractivity contribution is -0.0399. The number of para-hydroxylation sites is 2. The van der Waals surface area contributed by atoms with Crippen LogP contribution in [0.25, 0.3) is 67.5 Å². The van der Waals surface area contributed by atoms with Crippen molar-refractivity contribution >= 4 is 17.1 Å². The average Bonchev–Trinajstić information content (AvgIpc) is 3.68. The van der Waals surface area contributed by atoms with E-state index in [1.807, 2.05) is 18.2 Å². The minimum Gasteiger partial charge on any atom is -0.310 e. The summed E-state index contributed by atoms with van der Waals surface area (Å²) in [6.45, 7) is 4.65. The number of hydrogen-bond acceptors (Lipinski definition) is 4. The van der Waals surface area contributed by atoms with Crippen molar-refractivity contribution in [2.24, 2.45) is 23.7 Å². The van der Waals surface area contributed by atoms with Crippen molar-refractivity contribution in [2.45, 2.75) is 56.8 Å². The van der Waals surface area contributed by atoms with E-state index in [4.69, 9.17) is 15.0 Å². The van der Waals surface area contributed by atoms with Gasteiger partial charge < -0.3 is 4.90 Å². The topological polar surface area (TPSA) is 41.9 Å². The van der Waals surface area contributed by atoms with E-state index in [0.717, 1.165) is 51.6 Å². The van der Waals surface area contributed by atoms with Crippen LogP contribution >= 0.6 is 0 Å². The van der Waals surface area contributed by atoms with E-state index < -0.39 is 0 Å². The molecule has 6 aliphatic rings. The van der Waals surface area contributed by atoms with Crippen LogP contribution in [0.15, 0.2) is 194 Å². The van der Waals surface area contributed by atoms with Crippen LogP contribution < -0.4 is 4.90 Å². The number of rotatable bonds is 6. The number of anilines is 3. The normalized spacial score (nSPS) is 22.1. The Balaban J connectivity index is 0.820. The van der Waals surface area contributed by atoms with Gasteiger partial charge in [0.15, 0.2) is 17.5 Å². The highest BCUT2D eigenvalue weighted by Gasteiger charge is 2.61. The van der Waals surface area contributed by atoms with Crippen molar-refractivity contribution < 1.29 is 0 Å². The lowest BCUT2D eigenvalue weighted by atomic mass is 9.43. The number of aromatic nitrogens is 3. The molecular weight excluding hydrogens is 825 g/mol. The van der Waals surface area contributed by atoms with E-state index in [9.17, 15) is 0 Å². The molecule has 5 aliphatic carbocycles. The third kappa shape index (κ3) is 5.95. The third-order valence-electron chi connectivity index (χ3n) is 16.9. The molecule has 4 nitrogen and oxygen atoms in total. The second kappa shape index (κ2) is 15.0. The highest BCUT2D eigenvalue weighted by molar-refractivity contribution is 5.88. The van der Waals surface area contributed by atoms with Gasteiger partial charge in [-0.1, -0.05) is 153 Å². The summed E-state index contributed by atoms with van der Waals surface area (Å²) in [5.74, 6) is 5.27. The van der Waals surface area contributed by atoms with Gasteiger partial charge in [0.1, 0.15) is 0 Å². The number of nitrogens with zero attached hydrogens (tertiary/aromatic N) is 4. The van der Waals surface area contributed by atoms with Crippen LogP contribution in [0.4, 0.5) is 17.1 Å². The van der Waals surface area contributed by atoms with Gasteiger partial charge >= 0.3 is 0 Å². The molecule has 8 aromatic carbocycles. The van der Waals surface area contributed by atoms with Gasteiger partial charge in [-0.3, -0.25) is 0 Å². The Bertz CT molecular complexity index is 3380. The molecular formula is C64H52N4. The summed E-state index contributed by atoms with van der Waals surface area (Å²) in [6.07, 6.45) is 7.02. The van der Waals surface area contributed by atoms with Gasteiger partial charge in [0.25, 0.3) is 0 Å². The standard InChI is InChI=1S/C64H52N4/c1-63(2)55-22-8-10-24-58(55)68(59-25-11-9-23-56(59)63)51-29-26-43(27-30-51)61-65-60(42-14-4-3-5-15-42)66-62(67-61)48-19-13-18-46(38-48)44-16-12-17-45(37-44)47-28-31-53-52-20-6-7-21-54(52)64(57(53)39-47)49-33-40-32-41(35-49)36-50(64)34-40/h3-31,37-41,49-50H,32-36H2,1-2H3. The molecule has 4 fully saturated rings. The molecule has 4 saturated carbocycles. The zero-order chi connectivity index (χ0) is 45.1. The Labute approximate surface area is 399 Å². The molecule has 1 aromatic heterocycles. The molecule has 0 saturated heterocycles. The summed E-state index contributed by atoms with van der Waals surface area (Å²) < 4.78 is 0. The van der Waals surface area contributed by atoms with Gasteiger partial charge in [0.2, 0.25) is 0 Å². The van der Waals surface area contributed by atoms with Gasteiger partial charge in [-0.2, -0.15) is 0 Å². The summed E-state index contributed by atoms with van der Waals surface area (Å²) in [5.41, 5.74) is 20.0. The SMILES string of the molecule is CC1(C)c2ccccc2N(c2ccc(-c3nc(-c4ccccc4)nc(-c4cccc(-c5cccc(-c6ccc7c(c6)C6(c8ccccc8-7)C7CC8CC(C7)CC6C8)c5)c4)n3)cc2)c2ccccc21. The number of benzene rings is 8. The maximum Gasteiger partial charge on any atom is 0.164 e. The fourth-order valence-corrected chi connectivity index (χ4v) is 14.1. The summed E-state index contributed by atoms with van der Waals surface area (Å²) in [6, 6.07) is 71.2. The molecule has 0 radical (unpaired) electrons. The van der Waals surface area contributed by atoms with E-state index in [1.54, 1.807) is 11.1 Å². The largest absolute Gasteiger partial charge is 0.310 e. The zero-order valence-electron chi connectivity index (χ0n) is 38.6. The Morgan fingerprint density at radius 3 is 1.43 bits per heavy atom. The highest BCUT2D eigenvalue weighted by atomic mass is 15.2. The van der Waals surface area contributed by atoms with E-state index in [2.05, 4.69) is 195 Å². The van der Waals surface area contributed by atoms with E-state index in [-0.39, 0.29) is 10.8 Å². The van der Waals surface area contributed by atoms with E-state index in [0.29, 0.717) is 17.5 Å². The van der Waals surface area contributed by atoms with Crippen LogP contribution in [-0.4, -0.2) is 15.0 Å². The molecule has 4 bridgehead atoms. The molecule has 1 aliphatic heterocycles. The molecule has 2 heterocycles. The monoisotopic (exact) mass is 876 g/mol. The molecule has 1 spiro atoms. The zero-order valence-corrected chi connectivity index (χ0v) is 38.6. The van der Waals surface area contributed by atoms with Crippen LogP contribution in [0, 0.1) is 23.7 Å². The first kappa shape index (κ1) is 39.7. The predicted octanol–water partition coefficient (Wildman–Crippen LogP) is 16.0. The van der Waals surface area contributed by atoms with Crippen molar-refractivity contribution in [3.05, 3.63) is 216 Å². The quantitative estimate of drug-likeness (QED) is 0.167. The first-order valence-electron chi connectivity index (χ1n) is 24.8. The number of fused-ring (bicyclic) bond motifs is 5. The Kier molecular flexibility index (Phi) is 8.78. The molecule has 0 N–H and O–H groups in total. The van der Waals surface area contributed by atoms with Crippen molar-refractivity contribution in [1.29, 1.82) is 0 Å². The third-order valence-corrected chi connectivity index (χ3v) is 16.9. The Morgan fingerprint density at radius 2 is 0.809 bits per heavy atom. The van der Waals surface area contributed by atoms with Crippen molar-refractivity contribution in [1.82, 2.24) is 15.0 Å². The molecule has 0 amide bonds. The van der Waals surface area contributed by atoms with Crippen LogP contribution in [0.2, 0.25) is 0 Å². The lowest BCUT2D eigenvalue weighted by Gasteiger charge is -2.61. The fourth-order valence-electron chi connectivity index (χ4n) is 14.1. The lowest BCUT2D eigenvalue weighted by Crippen LogP contribution is -2.55. The van der Waals surface area contributed by atoms with Gasteiger partial charge in [-0.25, -0.2) is 15.0 Å². The fraction of sp³-hybridized carbons (Fsp3) is 0.203. The van der Waals surface area contributed by atoms with E-state index in [1.165, 1.54) is 82.4 Å². The molecule has 0 atom stereocenters. The maximum atomic E-state index is 5.22. The molecule has 68 heavy (non-hydrogen) atoms. The van der Waals surface area contributed by atoms with Crippen molar-refractivity contribution in [3.63, 3.8) is 0 Å². The average molecular weight is 877 g/mol. The number of hydrogen-bond donors (Lipinski definition) is 0. The Morgan fingerprint density at radius 1 is 0.368 bits per heavy atom. The minimum absolute atomic E-state index is 0.119. The maximum absolute atomic E-state index is 5.22. The second-order valence-electron chi connectivity index (χ2n) is 20.9. The van der Waals surface area contributed by atoms with Crippen molar-refractivity contribution in [2.75, 3.05) is 4.90 Å². The predicted molar refractivity (Wildman–Crippen MR) is 277 cm³/mol. The van der Waals surface area contributed by atoms with Crippen LogP contribution in [0.1, 0.15) is 68.2 Å². The van der Waals surface area contributed by atoms with Crippen LogP contribution in [0.5, 0.6) is 0 Å². The van der Waals surface area contributed by atoms with Gasteiger partial charge in [-0.05, 0) is 166 Å². The molecule has 0 unspecified atom stereocenters. The summed E-state index contributed by atoms with van der Waals surface area (Å²) in [5, 5.41) is 0. The van der Waals surface area contributed by atoms with Gasteiger partial charge in [0, 0.05) is 33.2 Å².